The molecule has 2 amide bonds. The number of hydrogen-bond donors (Lipinski definition) is 2. The lowest BCUT2D eigenvalue weighted by Crippen LogP contribution is -2.29. The summed E-state index contributed by atoms with van der Waals surface area (Å²) in [5.41, 5.74) is -0.0410. The number of aryl methyl sites for hydroxylation is 1. The Morgan fingerprint density at radius 1 is 1.23 bits per heavy atom. The number of halogens is 1. The Morgan fingerprint density at radius 2 is 2.00 bits per heavy atom. The minimum Gasteiger partial charge on any atom is -0.342 e. The lowest BCUT2D eigenvalue weighted by molar-refractivity contribution is -0.113. The van der Waals surface area contributed by atoms with E-state index in [9.17, 15) is 14.0 Å². The number of nitrogens with zero attached hydrogens (tertiary/aromatic N) is 5. The van der Waals surface area contributed by atoms with Crippen LogP contribution < -0.4 is 10.6 Å². The van der Waals surface area contributed by atoms with Crippen molar-refractivity contribution in [3.63, 3.8) is 0 Å². The van der Waals surface area contributed by atoms with Crippen LogP contribution in [0.5, 0.6) is 0 Å². The number of thioether (sulfide) groups is 1. The summed E-state index contributed by atoms with van der Waals surface area (Å²) in [6.07, 6.45) is 0.760. The molecule has 0 radical (unpaired) electrons. The molecule has 0 aliphatic rings. The van der Waals surface area contributed by atoms with E-state index in [0.29, 0.717) is 16.1 Å². The quantitative estimate of drug-likeness (QED) is 0.508. The first-order chi connectivity index (χ1) is 14.4. The molecular formula is C18H20FN7O2S2. The number of carbonyl (C=O) groups excluding carboxylic acids is 2. The maximum absolute atomic E-state index is 13.8. The van der Waals surface area contributed by atoms with E-state index < -0.39 is 17.8 Å². The Kier molecular flexibility index (Phi) is 7.11. The number of rotatable bonds is 8. The summed E-state index contributed by atoms with van der Waals surface area (Å²) in [6, 6.07) is 5.25. The van der Waals surface area contributed by atoms with Gasteiger partial charge in [-0.05, 0) is 25.5 Å². The van der Waals surface area contributed by atoms with E-state index in [2.05, 4.69) is 31.0 Å². The summed E-state index contributed by atoms with van der Waals surface area (Å²) >= 11 is 2.54. The molecule has 2 heterocycles. The fourth-order valence-electron chi connectivity index (χ4n) is 2.55. The summed E-state index contributed by atoms with van der Waals surface area (Å²) in [5, 5.41) is 23.3. The molecule has 1 aromatic carbocycles. The number of anilines is 1. The van der Waals surface area contributed by atoms with Crippen LogP contribution in [0.15, 0.2) is 29.4 Å². The van der Waals surface area contributed by atoms with Crippen molar-refractivity contribution < 1.29 is 14.0 Å². The van der Waals surface area contributed by atoms with E-state index >= 15 is 0 Å². The average Bonchev–Trinajstić information content (AvgIpc) is 3.32. The SMILES string of the molecule is CCc1nnc(NC(=O)CSc2nnc([C@H](C)NC(=O)c3ccccc3F)n2C)s1. The van der Waals surface area contributed by atoms with E-state index in [1.807, 2.05) is 6.92 Å². The van der Waals surface area contributed by atoms with Gasteiger partial charge in [0.2, 0.25) is 11.0 Å². The summed E-state index contributed by atoms with van der Waals surface area (Å²) in [7, 11) is 1.74. The standard InChI is InChI=1S/C18H20FN7O2S2/c1-4-14-22-24-17(30-14)21-13(27)9-29-18-25-23-15(26(18)3)10(2)20-16(28)11-7-5-6-8-12(11)19/h5-8,10H,4,9H2,1-3H3,(H,20,28)(H,21,24,27)/t10-/m0/s1. The second kappa shape index (κ2) is 9.76. The molecule has 0 aliphatic carbocycles. The molecule has 2 N–H and O–H groups in total. The fraction of sp³-hybridized carbons (Fsp3) is 0.333. The van der Waals surface area contributed by atoms with Gasteiger partial charge in [-0.2, -0.15) is 0 Å². The van der Waals surface area contributed by atoms with E-state index in [4.69, 9.17) is 0 Å². The van der Waals surface area contributed by atoms with Crippen molar-refractivity contribution in [1.82, 2.24) is 30.3 Å². The predicted octanol–water partition coefficient (Wildman–Crippen LogP) is 2.59. The van der Waals surface area contributed by atoms with Crippen molar-refractivity contribution in [2.45, 2.75) is 31.5 Å². The van der Waals surface area contributed by atoms with Gasteiger partial charge in [0, 0.05) is 7.05 Å². The third kappa shape index (κ3) is 5.19. The van der Waals surface area contributed by atoms with Crippen molar-refractivity contribution in [2.75, 3.05) is 11.1 Å². The number of nitrogens with one attached hydrogen (secondary N) is 2. The van der Waals surface area contributed by atoms with Crippen LogP contribution >= 0.6 is 23.1 Å². The van der Waals surface area contributed by atoms with Crippen LogP contribution in [-0.4, -0.2) is 42.5 Å². The van der Waals surface area contributed by atoms with Crippen molar-refractivity contribution in [1.29, 1.82) is 0 Å². The van der Waals surface area contributed by atoms with Gasteiger partial charge in [0.1, 0.15) is 10.8 Å². The van der Waals surface area contributed by atoms with Gasteiger partial charge in [-0.15, -0.1) is 20.4 Å². The summed E-state index contributed by atoms with van der Waals surface area (Å²) in [4.78, 5) is 24.4. The molecule has 0 saturated heterocycles. The molecule has 3 aromatic rings. The Balaban J connectivity index is 1.57. The molecule has 2 aromatic heterocycles. The Hall–Kier alpha value is -2.86. The minimum absolute atomic E-state index is 0.0410. The highest BCUT2D eigenvalue weighted by molar-refractivity contribution is 7.99. The number of aromatic nitrogens is 5. The van der Waals surface area contributed by atoms with Gasteiger partial charge in [0.25, 0.3) is 5.91 Å². The maximum Gasteiger partial charge on any atom is 0.254 e. The second-order valence-electron chi connectivity index (χ2n) is 6.27. The highest BCUT2D eigenvalue weighted by Gasteiger charge is 2.20. The van der Waals surface area contributed by atoms with Crippen molar-refractivity contribution >= 4 is 40.0 Å². The Bertz CT molecular complexity index is 1050. The first-order valence-corrected chi connectivity index (χ1v) is 10.9. The third-order valence-electron chi connectivity index (χ3n) is 4.07. The second-order valence-corrected chi connectivity index (χ2v) is 8.27. The lowest BCUT2D eigenvalue weighted by atomic mass is 10.2. The zero-order valence-corrected chi connectivity index (χ0v) is 18.2. The molecule has 0 spiro atoms. The summed E-state index contributed by atoms with van der Waals surface area (Å²) in [5.74, 6) is -0.767. The molecule has 1 atom stereocenters. The summed E-state index contributed by atoms with van der Waals surface area (Å²) < 4.78 is 15.5. The van der Waals surface area contributed by atoms with Gasteiger partial charge in [0.05, 0.1) is 17.4 Å². The van der Waals surface area contributed by atoms with Gasteiger partial charge in [-0.25, -0.2) is 4.39 Å². The molecule has 12 heteroatoms. The number of hydrogen-bond acceptors (Lipinski definition) is 8. The number of benzene rings is 1. The van der Waals surface area contributed by atoms with Crippen LogP contribution in [0.25, 0.3) is 0 Å². The van der Waals surface area contributed by atoms with Gasteiger partial charge < -0.3 is 9.88 Å². The number of carbonyl (C=O) groups is 2. The summed E-state index contributed by atoms with van der Waals surface area (Å²) in [6.45, 7) is 3.69. The Morgan fingerprint density at radius 3 is 2.70 bits per heavy atom. The van der Waals surface area contributed by atoms with Gasteiger partial charge in [0.15, 0.2) is 11.0 Å². The van der Waals surface area contributed by atoms with E-state index in [-0.39, 0.29) is 17.2 Å². The molecule has 0 saturated carbocycles. The first kappa shape index (κ1) is 21.8. The Labute approximate surface area is 180 Å². The molecule has 3 rings (SSSR count). The zero-order valence-electron chi connectivity index (χ0n) is 16.5. The molecule has 30 heavy (non-hydrogen) atoms. The largest absolute Gasteiger partial charge is 0.342 e. The van der Waals surface area contributed by atoms with E-state index in [0.717, 1.165) is 11.4 Å². The van der Waals surface area contributed by atoms with Gasteiger partial charge >= 0.3 is 0 Å². The fourth-order valence-corrected chi connectivity index (χ4v) is 3.96. The molecule has 0 bridgehead atoms. The first-order valence-electron chi connectivity index (χ1n) is 9.08. The third-order valence-corrected chi connectivity index (χ3v) is 6.07. The van der Waals surface area contributed by atoms with Gasteiger partial charge in [-0.3, -0.25) is 14.9 Å². The predicted molar refractivity (Wildman–Crippen MR) is 112 cm³/mol. The number of amides is 2. The average molecular weight is 450 g/mol. The molecule has 0 fully saturated rings. The smallest absolute Gasteiger partial charge is 0.254 e. The van der Waals surface area contributed by atoms with E-state index in [1.165, 1.54) is 41.3 Å². The topological polar surface area (TPSA) is 115 Å². The lowest BCUT2D eigenvalue weighted by Gasteiger charge is -2.14. The van der Waals surface area contributed by atoms with Crippen LogP contribution in [0.2, 0.25) is 0 Å². The van der Waals surface area contributed by atoms with Crippen LogP contribution in [0.4, 0.5) is 9.52 Å². The molecular weight excluding hydrogens is 429 g/mol. The van der Waals surface area contributed by atoms with Crippen LogP contribution in [-0.2, 0) is 18.3 Å². The van der Waals surface area contributed by atoms with E-state index in [1.54, 1.807) is 24.6 Å². The minimum atomic E-state index is -0.594. The highest BCUT2D eigenvalue weighted by atomic mass is 32.2. The monoisotopic (exact) mass is 449 g/mol. The van der Waals surface area contributed by atoms with Crippen LogP contribution in [0, 0.1) is 5.82 Å². The molecule has 0 aliphatic heterocycles. The maximum atomic E-state index is 13.8. The van der Waals surface area contributed by atoms with Crippen molar-refractivity contribution in [3.05, 3.63) is 46.5 Å². The van der Waals surface area contributed by atoms with Crippen molar-refractivity contribution in [2.24, 2.45) is 7.05 Å². The molecule has 158 valence electrons. The highest BCUT2D eigenvalue weighted by Crippen LogP contribution is 2.21. The molecule has 0 unspecified atom stereocenters. The van der Waals surface area contributed by atoms with Crippen LogP contribution in [0.1, 0.15) is 41.1 Å². The zero-order chi connectivity index (χ0) is 21.7. The normalized spacial score (nSPS) is 11.9. The van der Waals surface area contributed by atoms with Crippen molar-refractivity contribution in [3.8, 4) is 0 Å². The molecule has 9 nitrogen and oxygen atoms in total. The van der Waals surface area contributed by atoms with Crippen LogP contribution in [0.3, 0.4) is 0 Å². The van der Waals surface area contributed by atoms with Gasteiger partial charge in [-0.1, -0.05) is 42.2 Å².